The van der Waals surface area contributed by atoms with E-state index in [0.29, 0.717) is 6.54 Å². The van der Waals surface area contributed by atoms with Crippen molar-refractivity contribution in [3.63, 3.8) is 0 Å². The molecular formula is C25H33F2N3O4S. The zero-order chi connectivity index (χ0) is 26.2. The van der Waals surface area contributed by atoms with Gasteiger partial charge in [-0.15, -0.1) is 0 Å². The number of carbonyl (C=O) groups excluding carboxylic acids is 2. The van der Waals surface area contributed by atoms with E-state index in [-0.39, 0.29) is 43.4 Å². The highest BCUT2D eigenvalue weighted by molar-refractivity contribution is 7.92. The van der Waals surface area contributed by atoms with E-state index < -0.39 is 27.7 Å². The average molecular weight is 510 g/mol. The summed E-state index contributed by atoms with van der Waals surface area (Å²) >= 11 is 0. The van der Waals surface area contributed by atoms with E-state index in [4.69, 9.17) is 0 Å². The molecule has 1 N–H and O–H groups in total. The van der Waals surface area contributed by atoms with Gasteiger partial charge in [-0.2, -0.15) is 0 Å². The highest BCUT2D eigenvalue weighted by Crippen LogP contribution is 2.21. The Labute approximate surface area is 206 Å². The topological polar surface area (TPSA) is 86.8 Å². The van der Waals surface area contributed by atoms with E-state index in [1.54, 1.807) is 6.92 Å². The zero-order valence-electron chi connectivity index (χ0n) is 20.6. The SMILES string of the molecule is CCCNC(=O)[C@@H](C)N(Cc1cccc(C)c1)C(=O)CCCN(c1ccc(F)c(F)c1)S(C)(=O)=O. The molecule has 0 spiro atoms. The number of sulfonamides is 1. The third kappa shape index (κ3) is 8.31. The average Bonchev–Trinajstić information content (AvgIpc) is 2.79. The monoisotopic (exact) mass is 509 g/mol. The smallest absolute Gasteiger partial charge is 0.242 e. The maximum Gasteiger partial charge on any atom is 0.242 e. The molecule has 0 bridgehead atoms. The quantitative estimate of drug-likeness (QED) is 0.472. The van der Waals surface area contributed by atoms with Crippen molar-refractivity contribution in [1.29, 1.82) is 0 Å². The molecule has 0 aliphatic heterocycles. The number of hydrogen-bond donors (Lipinski definition) is 1. The Hall–Kier alpha value is -3.01. The van der Waals surface area contributed by atoms with E-state index in [1.807, 2.05) is 38.1 Å². The summed E-state index contributed by atoms with van der Waals surface area (Å²) in [6, 6.07) is 9.73. The first-order chi connectivity index (χ1) is 16.4. The van der Waals surface area contributed by atoms with Crippen molar-refractivity contribution < 1.29 is 26.8 Å². The van der Waals surface area contributed by atoms with Crippen molar-refractivity contribution in [1.82, 2.24) is 10.2 Å². The number of benzene rings is 2. The fraction of sp³-hybridized carbons (Fsp3) is 0.440. The van der Waals surface area contributed by atoms with Crippen LogP contribution in [0, 0.1) is 18.6 Å². The van der Waals surface area contributed by atoms with Crippen molar-refractivity contribution in [3.05, 3.63) is 65.2 Å². The number of carbonyl (C=O) groups is 2. The molecular weight excluding hydrogens is 476 g/mol. The third-order valence-corrected chi connectivity index (χ3v) is 6.69. The molecule has 35 heavy (non-hydrogen) atoms. The van der Waals surface area contributed by atoms with Crippen molar-refractivity contribution >= 4 is 27.5 Å². The van der Waals surface area contributed by atoms with Gasteiger partial charge in [0, 0.05) is 32.1 Å². The molecule has 10 heteroatoms. The van der Waals surface area contributed by atoms with Gasteiger partial charge in [-0.05, 0) is 44.4 Å². The Kier molecular flexibility index (Phi) is 10.2. The Bertz CT molecular complexity index is 1140. The van der Waals surface area contributed by atoms with Crippen LogP contribution in [0.3, 0.4) is 0 Å². The van der Waals surface area contributed by atoms with E-state index in [9.17, 15) is 26.8 Å². The molecule has 0 saturated heterocycles. The lowest BCUT2D eigenvalue weighted by Gasteiger charge is -2.29. The molecule has 0 heterocycles. The molecule has 1 atom stereocenters. The minimum absolute atomic E-state index is 0.0252. The number of nitrogens with zero attached hydrogens (tertiary/aromatic N) is 2. The Balaban J connectivity index is 2.17. The molecule has 0 unspecified atom stereocenters. The number of halogens is 2. The minimum Gasteiger partial charge on any atom is -0.354 e. The lowest BCUT2D eigenvalue weighted by molar-refractivity contribution is -0.140. The van der Waals surface area contributed by atoms with Crippen LogP contribution in [-0.4, -0.2) is 50.5 Å². The number of hydrogen-bond acceptors (Lipinski definition) is 4. The van der Waals surface area contributed by atoms with E-state index in [2.05, 4.69) is 5.32 Å². The van der Waals surface area contributed by atoms with Crippen LogP contribution in [0.2, 0.25) is 0 Å². The molecule has 2 aromatic rings. The first-order valence-corrected chi connectivity index (χ1v) is 13.3. The number of amides is 2. The molecule has 0 aliphatic carbocycles. The van der Waals surface area contributed by atoms with Gasteiger partial charge in [0.2, 0.25) is 21.8 Å². The highest BCUT2D eigenvalue weighted by atomic mass is 32.2. The van der Waals surface area contributed by atoms with E-state index >= 15 is 0 Å². The first-order valence-electron chi connectivity index (χ1n) is 11.5. The van der Waals surface area contributed by atoms with Crippen LogP contribution in [0.15, 0.2) is 42.5 Å². The fourth-order valence-corrected chi connectivity index (χ4v) is 4.59. The van der Waals surface area contributed by atoms with Crippen molar-refractivity contribution in [2.45, 2.75) is 52.6 Å². The maximum absolute atomic E-state index is 13.7. The molecule has 0 radical (unpaired) electrons. The largest absolute Gasteiger partial charge is 0.354 e. The van der Waals surface area contributed by atoms with E-state index in [1.165, 1.54) is 11.0 Å². The Morgan fingerprint density at radius 2 is 1.80 bits per heavy atom. The molecule has 2 aromatic carbocycles. The van der Waals surface area contributed by atoms with Crippen LogP contribution in [0.5, 0.6) is 0 Å². The number of aryl methyl sites for hydroxylation is 1. The third-order valence-electron chi connectivity index (χ3n) is 5.50. The first kappa shape index (κ1) is 28.2. The van der Waals surface area contributed by atoms with Gasteiger partial charge < -0.3 is 10.2 Å². The van der Waals surface area contributed by atoms with Crippen LogP contribution in [-0.2, 0) is 26.2 Å². The summed E-state index contributed by atoms with van der Waals surface area (Å²) in [7, 11) is -3.80. The second-order valence-corrected chi connectivity index (χ2v) is 10.4. The second-order valence-electron chi connectivity index (χ2n) is 8.51. The molecule has 0 saturated carbocycles. The lowest BCUT2D eigenvalue weighted by Crippen LogP contribution is -2.47. The minimum atomic E-state index is -3.80. The summed E-state index contributed by atoms with van der Waals surface area (Å²) in [6.45, 7) is 6.13. The second kappa shape index (κ2) is 12.6. The highest BCUT2D eigenvalue weighted by Gasteiger charge is 2.26. The fourth-order valence-electron chi connectivity index (χ4n) is 3.63. The summed E-state index contributed by atoms with van der Waals surface area (Å²) in [6.07, 6.45) is 1.81. The molecule has 7 nitrogen and oxygen atoms in total. The standard InChI is InChI=1S/C25H33F2N3O4S/c1-5-13-28-25(32)19(3)29(17-20-9-6-8-18(2)15-20)24(31)10-7-14-30(35(4,33)34)21-11-12-22(26)23(27)16-21/h6,8-9,11-12,15-16,19H,5,7,10,13-14,17H2,1-4H3,(H,28,32)/t19-/m1/s1. The van der Waals surface area contributed by atoms with Gasteiger partial charge >= 0.3 is 0 Å². The van der Waals surface area contributed by atoms with Crippen LogP contribution in [0.1, 0.15) is 44.2 Å². The van der Waals surface area contributed by atoms with Gasteiger partial charge in [0.25, 0.3) is 0 Å². The van der Waals surface area contributed by atoms with Gasteiger partial charge in [0.05, 0.1) is 11.9 Å². The maximum atomic E-state index is 13.7. The van der Waals surface area contributed by atoms with Crippen molar-refractivity contribution in [2.24, 2.45) is 0 Å². The van der Waals surface area contributed by atoms with Crippen LogP contribution in [0.4, 0.5) is 14.5 Å². The summed E-state index contributed by atoms with van der Waals surface area (Å²) in [4.78, 5) is 27.3. The van der Waals surface area contributed by atoms with Gasteiger partial charge in [-0.1, -0.05) is 36.8 Å². The van der Waals surface area contributed by atoms with Gasteiger partial charge in [-0.25, -0.2) is 17.2 Å². The zero-order valence-corrected chi connectivity index (χ0v) is 21.4. The Morgan fingerprint density at radius 1 is 1.09 bits per heavy atom. The Morgan fingerprint density at radius 3 is 2.40 bits per heavy atom. The predicted molar refractivity (Wildman–Crippen MR) is 132 cm³/mol. The molecule has 0 aliphatic rings. The van der Waals surface area contributed by atoms with Gasteiger partial charge in [-0.3, -0.25) is 13.9 Å². The van der Waals surface area contributed by atoms with Crippen LogP contribution < -0.4 is 9.62 Å². The van der Waals surface area contributed by atoms with Crippen LogP contribution in [0.25, 0.3) is 0 Å². The number of rotatable bonds is 12. The lowest BCUT2D eigenvalue weighted by atomic mass is 10.1. The number of nitrogens with one attached hydrogen (secondary N) is 1. The van der Waals surface area contributed by atoms with Gasteiger partial charge in [0.1, 0.15) is 6.04 Å². The summed E-state index contributed by atoms with van der Waals surface area (Å²) < 4.78 is 52.5. The summed E-state index contributed by atoms with van der Waals surface area (Å²) in [5.41, 5.74) is 1.86. The van der Waals surface area contributed by atoms with E-state index in [0.717, 1.165) is 40.2 Å². The summed E-state index contributed by atoms with van der Waals surface area (Å²) in [5, 5.41) is 2.80. The predicted octanol–water partition coefficient (Wildman–Crippen LogP) is 3.76. The van der Waals surface area contributed by atoms with Crippen molar-refractivity contribution in [2.75, 3.05) is 23.7 Å². The molecule has 2 amide bonds. The summed E-state index contributed by atoms with van der Waals surface area (Å²) in [5.74, 6) is -2.83. The molecule has 0 fully saturated rings. The normalized spacial score (nSPS) is 12.2. The van der Waals surface area contributed by atoms with Gasteiger partial charge in [0.15, 0.2) is 11.6 Å². The molecule has 0 aromatic heterocycles. The van der Waals surface area contributed by atoms with Crippen LogP contribution >= 0.6 is 0 Å². The number of anilines is 1. The molecule has 2 rings (SSSR count). The van der Waals surface area contributed by atoms with Crippen molar-refractivity contribution in [3.8, 4) is 0 Å². The molecule has 192 valence electrons.